The largest absolute Gasteiger partial charge is 0.396 e. The van der Waals surface area contributed by atoms with Crippen LogP contribution in [0, 0.1) is 17.8 Å². The zero-order valence-corrected chi connectivity index (χ0v) is 12.6. The number of aliphatic hydroxyl groups excluding tert-OH is 1. The minimum Gasteiger partial charge on any atom is -0.396 e. The number of hydrogen-bond acceptors (Lipinski definition) is 3. The molecule has 2 rings (SSSR count). The third-order valence-corrected chi connectivity index (χ3v) is 4.93. The molecule has 0 radical (unpaired) electrons. The normalized spacial score (nSPS) is 33.5. The Kier molecular flexibility index (Phi) is 6.30. The molecule has 2 aliphatic rings. The van der Waals surface area contributed by atoms with E-state index in [0.717, 1.165) is 38.8 Å². The summed E-state index contributed by atoms with van der Waals surface area (Å²) in [4.78, 5) is 11.9. The predicted molar refractivity (Wildman–Crippen MR) is 78.3 cm³/mol. The highest BCUT2D eigenvalue weighted by atomic mass is 16.5. The number of carbonyl (C=O) groups excluding carboxylic acids is 1. The van der Waals surface area contributed by atoms with Gasteiger partial charge in [0.15, 0.2) is 0 Å². The topological polar surface area (TPSA) is 58.6 Å². The van der Waals surface area contributed by atoms with Crippen molar-refractivity contribution in [3.63, 3.8) is 0 Å². The summed E-state index contributed by atoms with van der Waals surface area (Å²) in [5.74, 6) is 1.53. The summed E-state index contributed by atoms with van der Waals surface area (Å²) < 4.78 is 5.51. The standard InChI is InChI=1S/C16H29NO3/c1-2-20-15-7-12(8-15)9-16(19)17-10-13-5-3-4-6-14(13)11-18/h12-15,18H,2-11H2,1H3,(H,17,19). The van der Waals surface area contributed by atoms with Gasteiger partial charge in [-0.1, -0.05) is 12.8 Å². The molecular formula is C16H29NO3. The van der Waals surface area contributed by atoms with Gasteiger partial charge in [0.1, 0.15) is 0 Å². The number of amides is 1. The van der Waals surface area contributed by atoms with Gasteiger partial charge in [-0.25, -0.2) is 0 Å². The van der Waals surface area contributed by atoms with Crippen LogP contribution in [0.15, 0.2) is 0 Å². The van der Waals surface area contributed by atoms with Crippen molar-refractivity contribution in [3.05, 3.63) is 0 Å². The Labute approximate surface area is 122 Å². The van der Waals surface area contributed by atoms with Crippen molar-refractivity contribution in [2.75, 3.05) is 19.8 Å². The summed E-state index contributed by atoms with van der Waals surface area (Å²) in [6, 6.07) is 0. The third kappa shape index (κ3) is 4.45. The van der Waals surface area contributed by atoms with Crippen LogP contribution in [-0.2, 0) is 9.53 Å². The fraction of sp³-hybridized carbons (Fsp3) is 0.938. The van der Waals surface area contributed by atoms with Crippen LogP contribution in [0.25, 0.3) is 0 Å². The van der Waals surface area contributed by atoms with Crippen LogP contribution in [-0.4, -0.2) is 36.9 Å². The lowest BCUT2D eigenvalue weighted by Gasteiger charge is -2.35. The Balaban J connectivity index is 1.60. The molecule has 1 amide bonds. The predicted octanol–water partition coefficient (Wildman–Crippen LogP) is 2.11. The quantitative estimate of drug-likeness (QED) is 0.752. The van der Waals surface area contributed by atoms with Crippen molar-refractivity contribution in [1.82, 2.24) is 5.32 Å². The summed E-state index contributed by atoms with van der Waals surface area (Å²) in [5.41, 5.74) is 0. The van der Waals surface area contributed by atoms with E-state index >= 15 is 0 Å². The van der Waals surface area contributed by atoms with E-state index in [1.807, 2.05) is 6.92 Å². The highest BCUT2D eigenvalue weighted by molar-refractivity contribution is 5.76. The lowest BCUT2D eigenvalue weighted by molar-refractivity contribution is -0.124. The SMILES string of the molecule is CCOC1CC(CC(=O)NCC2CCCCC2CO)C1. The molecule has 2 N–H and O–H groups in total. The summed E-state index contributed by atoms with van der Waals surface area (Å²) in [6.07, 6.45) is 7.78. The van der Waals surface area contributed by atoms with Crippen molar-refractivity contribution in [3.8, 4) is 0 Å². The van der Waals surface area contributed by atoms with E-state index in [4.69, 9.17) is 4.74 Å². The maximum Gasteiger partial charge on any atom is 0.220 e. The maximum absolute atomic E-state index is 11.9. The van der Waals surface area contributed by atoms with Gasteiger partial charge in [-0.15, -0.1) is 0 Å². The minimum absolute atomic E-state index is 0.173. The average molecular weight is 283 g/mol. The molecule has 0 aromatic carbocycles. The van der Waals surface area contributed by atoms with Crippen molar-refractivity contribution in [2.24, 2.45) is 17.8 Å². The summed E-state index contributed by atoms with van der Waals surface area (Å²) in [7, 11) is 0. The second-order valence-electron chi connectivity index (χ2n) is 6.41. The van der Waals surface area contributed by atoms with Gasteiger partial charge in [0, 0.05) is 26.2 Å². The zero-order valence-electron chi connectivity index (χ0n) is 12.6. The molecule has 2 fully saturated rings. The molecule has 0 heterocycles. The Morgan fingerprint density at radius 3 is 2.60 bits per heavy atom. The molecule has 2 aliphatic carbocycles. The molecule has 4 nitrogen and oxygen atoms in total. The average Bonchev–Trinajstić information content (AvgIpc) is 2.43. The fourth-order valence-corrected chi connectivity index (χ4v) is 3.59. The second kappa shape index (κ2) is 7.99. The lowest BCUT2D eigenvalue weighted by Crippen LogP contribution is -2.39. The molecule has 20 heavy (non-hydrogen) atoms. The van der Waals surface area contributed by atoms with Crippen molar-refractivity contribution >= 4 is 5.91 Å². The van der Waals surface area contributed by atoms with E-state index < -0.39 is 0 Å². The second-order valence-corrected chi connectivity index (χ2v) is 6.41. The van der Waals surface area contributed by atoms with Gasteiger partial charge in [0.2, 0.25) is 5.91 Å². The number of rotatable bonds is 7. The smallest absolute Gasteiger partial charge is 0.220 e. The zero-order chi connectivity index (χ0) is 14.4. The van der Waals surface area contributed by atoms with Crippen LogP contribution in [0.2, 0.25) is 0 Å². The summed E-state index contributed by atoms with van der Waals surface area (Å²) in [5, 5.41) is 12.4. The van der Waals surface area contributed by atoms with Crippen LogP contribution in [0.4, 0.5) is 0 Å². The molecular weight excluding hydrogens is 254 g/mol. The Morgan fingerprint density at radius 2 is 1.95 bits per heavy atom. The van der Waals surface area contributed by atoms with Gasteiger partial charge < -0.3 is 15.2 Å². The first-order valence-electron chi connectivity index (χ1n) is 8.22. The van der Waals surface area contributed by atoms with E-state index in [1.54, 1.807) is 0 Å². The summed E-state index contributed by atoms with van der Waals surface area (Å²) in [6.45, 7) is 3.79. The van der Waals surface area contributed by atoms with Gasteiger partial charge in [0.05, 0.1) is 6.10 Å². The van der Waals surface area contributed by atoms with E-state index in [2.05, 4.69) is 5.32 Å². The molecule has 0 aromatic heterocycles. The maximum atomic E-state index is 11.9. The number of hydrogen-bond donors (Lipinski definition) is 2. The number of aliphatic hydroxyl groups is 1. The van der Waals surface area contributed by atoms with Crippen LogP contribution < -0.4 is 5.32 Å². The van der Waals surface area contributed by atoms with E-state index in [1.165, 1.54) is 12.8 Å². The summed E-state index contributed by atoms with van der Waals surface area (Å²) >= 11 is 0. The molecule has 116 valence electrons. The monoisotopic (exact) mass is 283 g/mol. The molecule has 0 saturated heterocycles. The van der Waals surface area contributed by atoms with Crippen LogP contribution >= 0.6 is 0 Å². The van der Waals surface area contributed by atoms with Gasteiger partial charge >= 0.3 is 0 Å². The Morgan fingerprint density at radius 1 is 1.25 bits per heavy atom. The number of ether oxygens (including phenoxy) is 1. The van der Waals surface area contributed by atoms with Gasteiger partial charge in [-0.3, -0.25) is 4.79 Å². The molecule has 2 unspecified atom stereocenters. The number of nitrogens with one attached hydrogen (secondary N) is 1. The fourth-order valence-electron chi connectivity index (χ4n) is 3.59. The highest BCUT2D eigenvalue weighted by Gasteiger charge is 2.31. The molecule has 0 spiro atoms. The van der Waals surface area contributed by atoms with E-state index in [-0.39, 0.29) is 12.5 Å². The first-order chi connectivity index (χ1) is 9.72. The molecule has 4 heteroatoms. The Bertz CT molecular complexity index is 302. The van der Waals surface area contributed by atoms with Gasteiger partial charge in [-0.05, 0) is 50.4 Å². The van der Waals surface area contributed by atoms with Crippen LogP contribution in [0.5, 0.6) is 0 Å². The molecule has 0 aromatic rings. The highest BCUT2D eigenvalue weighted by Crippen LogP contribution is 2.33. The first-order valence-corrected chi connectivity index (χ1v) is 8.22. The Hall–Kier alpha value is -0.610. The van der Waals surface area contributed by atoms with Gasteiger partial charge in [0.25, 0.3) is 0 Å². The van der Waals surface area contributed by atoms with Crippen LogP contribution in [0.3, 0.4) is 0 Å². The first kappa shape index (κ1) is 15.8. The van der Waals surface area contributed by atoms with Crippen molar-refractivity contribution < 1.29 is 14.6 Å². The van der Waals surface area contributed by atoms with Crippen LogP contribution in [0.1, 0.15) is 51.9 Å². The molecule has 2 saturated carbocycles. The molecule has 2 atom stereocenters. The van der Waals surface area contributed by atoms with E-state index in [9.17, 15) is 9.90 Å². The van der Waals surface area contributed by atoms with E-state index in [0.29, 0.717) is 30.3 Å². The third-order valence-electron chi connectivity index (χ3n) is 4.93. The van der Waals surface area contributed by atoms with Crippen molar-refractivity contribution in [1.29, 1.82) is 0 Å². The molecule has 0 bridgehead atoms. The minimum atomic E-state index is 0.173. The number of carbonyl (C=O) groups is 1. The lowest BCUT2D eigenvalue weighted by atomic mass is 9.79. The van der Waals surface area contributed by atoms with Gasteiger partial charge in [-0.2, -0.15) is 0 Å². The van der Waals surface area contributed by atoms with Crippen molar-refractivity contribution in [2.45, 2.75) is 58.0 Å². The molecule has 0 aliphatic heterocycles.